The van der Waals surface area contributed by atoms with E-state index in [1.165, 1.54) is 0 Å². The van der Waals surface area contributed by atoms with E-state index in [0.717, 1.165) is 31.0 Å². The summed E-state index contributed by atoms with van der Waals surface area (Å²) in [6.07, 6.45) is 2.32. The van der Waals surface area contributed by atoms with Gasteiger partial charge >= 0.3 is 0 Å². The zero-order valence-electron chi connectivity index (χ0n) is 13.4. The van der Waals surface area contributed by atoms with Crippen LogP contribution in [0.5, 0.6) is 0 Å². The predicted molar refractivity (Wildman–Crippen MR) is 80.1 cm³/mol. The van der Waals surface area contributed by atoms with Crippen LogP contribution in [-0.4, -0.2) is 63.1 Å². The number of carbonyl (C=O) groups excluding carboxylic acids is 2. The molecule has 3 rings (SSSR count). The van der Waals surface area contributed by atoms with Crippen LogP contribution in [0.25, 0.3) is 0 Å². The van der Waals surface area contributed by atoms with Gasteiger partial charge in [0.2, 0.25) is 11.8 Å². The molecule has 2 amide bonds. The van der Waals surface area contributed by atoms with E-state index in [2.05, 4.69) is 10.1 Å². The van der Waals surface area contributed by atoms with E-state index < -0.39 is 0 Å². The molecule has 0 aromatic carbocycles. The average Bonchev–Trinajstić information content (AvgIpc) is 3.00. The maximum atomic E-state index is 12.7. The molecule has 22 heavy (non-hydrogen) atoms. The third-order valence-electron chi connectivity index (χ3n) is 4.65. The van der Waals surface area contributed by atoms with Gasteiger partial charge in [0.1, 0.15) is 11.6 Å². The summed E-state index contributed by atoms with van der Waals surface area (Å²) in [7, 11) is 1.76. The molecule has 2 atom stereocenters. The summed E-state index contributed by atoms with van der Waals surface area (Å²) in [6, 6.07) is 0.189. The third kappa shape index (κ3) is 2.71. The Labute approximate surface area is 130 Å². The Bertz CT molecular complexity index is 597. The smallest absolute Gasteiger partial charge is 0.228 e. The first-order valence-electron chi connectivity index (χ1n) is 7.88. The molecule has 1 aromatic heterocycles. The summed E-state index contributed by atoms with van der Waals surface area (Å²) in [5.41, 5.74) is 0. The first kappa shape index (κ1) is 15.0. The van der Waals surface area contributed by atoms with Crippen LogP contribution in [-0.2, 0) is 9.59 Å². The van der Waals surface area contributed by atoms with Gasteiger partial charge in [-0.2, -0.15) is 5.10 Å². The lowest BCUT2D eigenvalue weighted by atomic mass is 10.0. The number of hydrogen-bond acceptors (Lipinski definition) is 4. The highest BCUT2D eigenvalue weighted by atomic mass is 16.2. The zero-order chi connectivity index (χ0) is 15.9. The Morgan fingerprint density at radius 3 is 2.64 bits per heavy atom. The summed E-state index contributed by atoms with van der Waals surface area (Å²) in [5.74, 6) is 1.65. The first-order chi connectivity index (χ1) is 10.5. The molecule has 7 nitrogen and oxygen atoms in total. The lowest BCUT2D eigenvalue weighted by Gasteiger charge is -2.34. The number of carbonyl (C=O) groups is 2. The number of likely N-dealkylation sites (tertiary alicyclic amines) is 2. The van der Waals surface area contributed by atoms with Gasteiger partial charge in [0.05, 0.1) is 12.0 Å². The highest BCUT2D eigenvalue weighted by molar-refractivity contribution is 5.89. The molecule has 0 radical (unpaired) electrons. The summed E-state index contributed by atoms with van der Waals surface area (Å²) < 4.78 is 1.95. The maximum absolute atomic E-state index is 12.7. The monoisotopic (exact) mass is 305 g/mol. The molecule has 0 saturated carbocycles. The molecule has 0 N–H and O–H groups in total. The highest BCUT2D eigenvalue weighted by Gasteiger charge is 2.36. The Morgan fingerprint density at radius 2 is 2.05 bits per heavy atom. The standard InChI is InChI=1S/C15H23N5O2/c1-10-16-11(2)20(17-10)13-5-4-6-19(9-13)15(22)12-7-14(21)18(3)8-12/h12-13H,4-9H2,1-3H3. The van der Waals surface area contributed by atoms with Crippen LogP contribution >= 0.6 is 0 Å². The van der Waals surface area contributed by atoms with Crippen molar-refractivity contribution in [1.82, 2.24) is 24.6 Å². The molecule has 0 bridgehead atoms. The number of aromatic nitrogens is 3. The first-order valence-corrected chi connectivity index (χ1v) is 7.88. The molecule has 120 valence electrons. The van der Waals surface area contributed by atoms with Gasteiger partial charge in [0.25, 0.3) is 0 Å². The van der Waals surface area contributed by atoms with Crippen molar-refractivity contribution in [3.8, 4) is 0 Å². The van der Waals surface area contributed by atoms with Gasteiger partial charge in [0.15, 0.2) is 0 Å². The van der Waals surface area contributed by atoms with Crippen LogP contribution in [0, 0.1) is 19.8 Å². The van der Waals surface area contributed by atoms with Gasteiger partial charge in [-0.05, 0) is 26.7 Å². The molecule has 0 spiro atoms. The molecule has 7 heteroatoms. The molecular formula is C15H23N5O2. The van der Waals surface area contributed by atoms with Crippen LogP contribution in [0.4, 0.5) is 0 Å². The van der Waals surface area contributed by atoms with Crippen LogP contribution in [0.15, 0.2) is 0 Å². The Morgan fingerprint density at radius 1 is 1.27 bits per heavy atom. The summed E-state index contributed by atoms with van der Waals surface area (Å²) in [5, 5.41) is 4.45. The second kappa shape index (κ2) is 5.70. The van der Waals surface area contributed by atoms with Gasteiger partial charge in [0, 0.05) is 33.1 Å². The molecule has 1 aromatic rings. The van der Waals surface area contributed by atoms with Crippen molar-refractivity contribution in [3.63, 3.8) is 0 Å². The molecule has 2 unspecified atom stereocenters. The molecule has 2 aliphatic heterocycles. The van der Waals surface area contributed by atoms with Gasteiger partial charge in [-0.3, -0.25) is 9.59 Å². The van der Waals surface area contributed by atoms with Crippen LogP contribution in [0.1, 0.15) is 37.0 Å². The van der Waals surface area contributed by atoms with E-state index in [9.17, 15) is 9.59 Å². The van der Waals surface area contributed by atoms with E-state index in [1.807, 2.05) is 23.4 Å². The topological polar surface area (TPSA) is 71.3 Å². The van der Waals surface area contributed by atoms with Gasteiger partial charge in [-0.1, -0.05) is 0 Å². The van der Waals surface area contributed by atoms with E-state index in [0.29, 0.717) is 19.5 Å². The minimum absolute atomic E-state index is 0.0645. The van der Waals surface area contributed by atoms with Crippen LogP contribution < -0.4 is 0 Å². The fourth-order valence-corrected chi connectivity index (χ4v) is 3.52. The Balaban J connectivity index is 1.69. The van der Waals surface area contributed by atoms with Crippen molar-refractivity contribution >= 4 is 11.8 Å². The number of nitrogens with zero attached hydrogens (tertiary/aromatic N) is 5. The lowest BCUT2D eigenvalue weighted by Crippen LogP contribution is -2.44. The molecule has 0 aliphatic carbocycles. The van der Waals surface area contributed by atoms with Crippen LogP contribution in [0.3, 0.4) is 0 Å². The van der Waals surface area contributed by atoms with E-state index in [4.69, 9.17) is 0 Å². The number of hydrogen-bond donors (Lipinski definition) is 0. The van der Waals surface area contributed by atoms with Gasteiger partial charge in [-0.15, -0.1) is 0 Å². The minimum Gasteiger partial charge on any atom is -0.345 e. The van der Waals surface area contributed by atoms with Crippen molar-refractivity contribution in [2.75, 3.05) is 26.7 Å². The van der Waals surface area contributed by atoms with Crippen molar-refractivity contribution in [2.24, 2.45) is 5.92 Å². The van der Waals surface area contributed by atoms with Crippen molar-refractivity contribution in [1.29, 1.82) is 0 Å². The number of amides is 2. The average molecular weight is 305 g/mol. The van der Waals surface area contributed by atoms with E-state index in [-0.39, 0.29) is 23.8 Å². The number of rotatable bonds is 2. The zero-order valence-corrected chi connectivity index (χ0v) is 13.4. The van der Waals surface area contributed by atoms with Gasteiger partial charge < -0.3 is 9.80 Å². The second-order valence-electron chi connectivity index (χ2n) is 6.41. The highest BCUT2D eigenvalue weighted by Crippen LogP contribution is 2.25. The Hall–Kier alpha value is -1.92. The van der Waals surface area contributed by atoms with E-state index in [1.54, 1.807) is 11.9 Å². The third-order valence-corrected chi connectivity index (χ3v) is 4.65. The molecule has 2 fully saturated rings. The molecular weight excluding hydrogens is 282 g/mol. The lowest BCUT2D eigenvalue weighted by molar-refractivity contribution is -0.137. The summed E-state index contributed by atoms with van der Waals surface area (Å²) in [4.78, 5) is 32.2. The number of piperidine rings is 1. The van der Waals surface area contributed by atoms with Crippen LogP contribution in [0.2, 0.25) is 0 Å². The quantitative estimate of drug-likeness (QED) is 0.799. The largest absolute Gasteiger partial charge is 0.345 e. The van der Waals surface area contributed by atoms with Gasteiger partial charge in [-0.25, -0.2) is 9.67 Å². The summed E-state index contributed by atoms with van der Waals surface area (Å²) in [6.45, 7) is 5.81. The fourth-order valence-electron chi connectivity index (χ4n) is 3.52. The molecule has 2 saturated heterocycles. The second-order valence-corrected chi connectivity index (χ2v) is 6.41. The predicted octanol–water partition coefficient (Wildman–Crippen LogP) is 0.537. The van der Waals surface area contributed by atoms with E-state index >= 15 is 0 Å². The van der Waals surface area contributed by atoms with Crippen molar-refractivity contribution in [3.05, 3.63) is 11.6 Å². The van der Waals surface area contributed by atoms with Crippen molar-refractivity contribution in [2.45, 2.75) is 39.2 Å². The molecule has 2 aliphatic rings. The maximum Gasteiger partial charge on any atom is 0.228 e. The minimum atomic E-state index is -0.185. The molecule has 3 heterocycles. The normalized spacial score (nSPS) is 25.9. The summed E-state index contributed by atoms with van der Waals surface area (Å²) >= 11 is 0. The Kier molecular flexibility index (Phi) is 3.88. The SMILES string of the molecule is Cc1nc(C)n(C2CCCN(C(=O)C3CC(=O)N(C)C3)C2)n1. The fraction of sp³-hybridized carbons (Fsp3) is 0.733. The van der Waals surface area contributed by atoms with Crippen molar-refractivity contribution < 1.29 is 9.59 Å². The number of aryl methyl sites for hydroxylation is 2.